The maximum Gasteiger partial charge on any atom is 0.293 e. The van der Waals surface area contributed by atoms with Gasteiger partial charge in [-0.2, -0.15) is 0 Å². The van der Waals surface area contributed by atoms with Crippen LogP contribution in [0.1, 0.15) is 28.4 Å². The third kappa shape index (κ3) is 3.34. The predicted octanol–water partition coefficient (Wildman–Crippen LogP) is 2.21. The van der Waals surface area contributed by atoms with Crippen LogP contribution in [0.15, 0.2) is 36.4 Å². The van der Waals surface area contributed by atoms with Crippen molar-refractivity contribution in [1.82, 2.24) is 0 Å². The summed E-state index contributed by atoms with van der Waals surface area (Å²) >= 11 is 0. The molecule has 0 radical (unpaired) electrons. The summed E-state index contributed by atoms with van der Waals surface area (Å²) < 4.78 is 0. The van der Waals surface area contributed by atoms with Gasteiger partial charge in [-0.15, -0.1) is 0 Å². The normalized spacial score (nSPS) is 13.0. The fraction of sp³-hybridized carbons (Fsp3) is 0.222. The van der Waals surface area contributed by atoms with Gasteiger partial charge >= 0.3 is 0 Å². The zero-order chi connectivity index (χ0) is 18.8. The number of nitro benzene ring substituents is 1. The molecule has 8 heteroatoms. The largest absolute Gasteiger partial charge is 0.366 e. The maximum atomic E-state index is 11.4. The van der Waals surface area contributed by atoms with Gasteiger partial charge in [-0.1, -0.05) is 12.1 Å². The summed E-state index contributed by atoms with van der Waals surface area (Å²) in [6.07, 6.45) is 0.639. The molecule has 1 heterocycles. The Morgan fingerprint density at radius 2 is 2.04 bits per heavy atom. The topological polar surface area (TPSA) is 119 Å². The second-order valence-electron chi connectivity index (χ2n) is 6.12. The number of hydrogen-bond acceptors (Lipinski definition) is 5. The van der Waals surface area contributed by atoms with E-state index in [2.05, 4.69) is 5.32 Å². The Labute approximate surface area is 149 Å². The Morgan fingerprint density at radius 3 is 2.69 bits per heavy atom. The second-order valence-corrected chi connectivity index (χ2v) is 6.12. The van der Waals surface area contributed by atoms with Gasteiger partial charge in [0.05, 0.1) is 4.92 Å². The first-order valence-electron chi connectivity index (χ1n) is 8.08. The summed E-state index contributed by atoms with van der Waals surface area (Å²) in [5.41, 5.74) is 8.42. The number of hydrogen-bond donors (Lipinski definition) is 2. The summed E-state index contributed by atoms with van der Waals surface area (Å²) in [7, 11) is 0. The maximum absolute atomic E-state index is 11.4. The van der Waals surface area contributed by atoms with Crippen molar-refractivity contribution in [2.45, 2.75) is 19.9 Å². The molecule has 0 unspecified atom stereocenters. The fourth-order valence-electron chi connectivity index (χ4n) is 3.21. The molecule has 0 aromatic heterocycles. The minimum atomic E-state index is -0.705. The smallest absolute Gasteiger partial charge is 0.293 e. The number of nitrogens with two attached hydrogens (primary N) is 1. The lowest BCUT2D eigenvalue weighted by Gasteiger charge is -2.31. The number of rotatable bonds is 4. The lowest BCUT2D eigenvalue weighted by Crippen LogP contribution is -2.31. The molecule has 8 nitrogen and oxygen atoms in total. The molecule has 0 spiro atoms. The van der Waals surface area contributed by atoms with Crippen LogP contribution in [0.4, 0.5) is 17.1 Å². The van der Waals surface area contributed by atoms with Crippen molar-refractivity contribution in [3.8, 4) is 0 Å². The van der Waals surface area contributed by atoms with Crippen LogP contribution >= 0.6 is 0 Å². The number of primary amides is 1. The third-order valence-corrected chi connectivity index (χ3v) is 4.37. The molecule has 0 atom stereocenters. The quantitative estimate of drug-likeness (QED) is 0.644. The average molecular weight is 354 g/mol. The molecule has 2 amide bonds. The van der Waals surface area contributed by atoms with Crippen molar-refractivity contribution in [2.24, 2.45) is 5.73 Å². The fourth-order valence-corrected chi connectivity index (χ4v) is 3.21. The number of carbonyl (C=O) groups excluding carboxylic acids is 2. The molecule has 2 aromatic carbocycles. The monoisotopic (exact) mass is 354 g/mol. The molecular weight excluding hydrogens is 336 g/mol. The van der Waals surface area contributed by atoms with E-state index in [4.69, 9.17) is 5.73 Å². The number of amides is 2. The van der Waals surface area contributed by atoms with Crippen molar-refractivity contribution in [2.75, 3.05) is 16.8 Å². The van der Waals surface area contributed by atoms with Gasteiger partial charge in [-0.05, 0) is 35.7 Å². The predicted molar refractivity (Wildman–Crippen MR) is 97.1 cm³/mol. The average Bonchev–Trinajstić information content (AvgIpc) is 2.60. The van der Waals surface area contributed by atoms with E-state index < -0.39 is 10.8 Å². The Hall–Kier alpha value is -3.42. The lowest BCUT2D eigenvalue weighted by atomic mass is 9.97. The van der Waals surface area contributed by atoms with Crippen molar-refractivity contribution in [1.29, 1.82) is 0 Å². The van der Waals surface area contributed by atoms with Crippen LogP contribution in [0, 0.1) is 10.1 Å². The Kier molecular flexibility index (Phi) is 4.57. The van der Waals surface area contributed by atoms with Gasteiger partial charge in [-0.25, -0.2) is 0 Å². The molecule has 0 saturated heterocycles. The van der Waals surface area contributed by atoms with Crippen LogP contribution < -0.4 is 16.0 Å². The molecule has 0 saturated carbocycles. The summed E-state index contributed by atoms with van der Waals surface area (Å²) in [6.45, 7) is 2.48. The van der Waals surface area contributed by atoms with Gasteiger partial charge in [0.2, 0.25) is 11.8 Å². The number of benzene rings is 2. The molecule has 134 valence electrons. The third-order valence-electron chi connectivity index (χ3n) is 4.37. The van der Waals surface area contributed by atoms with E-state index in [1.54, 1.807) is 6.07 Å². The Bertz CT molecular complexity index is 910. The van der Waals surface area contributed by atoms with Gasteiger partial charge in [0.1, 0.15) is 5.69 Å². The van der Waals surface area contributed by atoms with Gasteiger partial charge in [-0.3, -0.25) is 19.7 Å². The molecule has 2 aromatic rings. The first-order valence-corrected chi connectivity index (χ1v) is 8.08. The molecule has 0 fully saturated rings. The highest BCUT2D eigenvalue weighted by molar-refractivity contribution is 5.94. The second kappa shape index (κ2) is 6.83. The van der Waals surface area contributed by atoms with Crippen molar-refractivity contribution in [3.05, 3.63) is 63.2 Å². The molecule has 26 heavy (non-hydrogen) atoms. The van der Waals surface area contributed by atoms with Crippen molar-refractivity contribution in [3.63, 3.8) is 0 Å². The SMILES string of the molecule is CC(=O)Nc1cccc2c1CCN(c1ccc(C(N)=O)cc1[N+](=O)[O-])C2. The number of carbonyl (C=O) groups is 2. The van der Waals surface area contributed by atoms with Crippen LogP contribution in [0.3, 0.4) is 0 Å². The molecular formula is C18H18N4O4. The van der Waals surface area contributed by atoms with Crippen LogP contribution in [-0.4, -0.2) is 23.3 Å². The molecule has 1 aliphatic rings. The van der Waals surface area contributed by atoms with E-state index in [0.717, 1.165) is 16.8 Å². The van der Waals surface area contributed by atoms with E-state index in [1.165, 1.54) is 19.1 Å². The summed E-state index contributed by atoms with van der Waals surface area (Å²) in [6, 6.07) is 9.89. The first kappa shape index (κ1) is 17.4. The van der Waals surface area contributed by atoms with Crippen LogP contribution in [0.2, 0.25) is 0 Å². The molecule has 1 aliphatic heterocycles. The molecule has 0 bridgehead atoms. The van der Waals surface area contributed by atoms with Gasteiger partial charge in [0, 0.05) is 37.3 Å². The van der Waals surface area contributed by atoms with E-state index in [0.29, 0.717) is 25.2 Å². The Morgan fingerprint density at radius 1 is 1.27 bits per heavy atom. The minimum Gasteiger partial charge on any atom is -0.366 e. The minimum absolute atomic E-state index is 0.103. The molecule has 0 aliphatic carbocycles. The molecule has 3 rings (SSSR count). The van der Waals surface area contributed by atoms with E-state index in [-0.39, 0.29) is 17.2 Å². The summed E-state index contributed by atoms with van der Waals surface area (Å²) in [5.74, 6) is -0.845. The molecule has 3 N–H and O–H groups in total. The van der Waals surface area contributed by atoms with Crippen LogP contribution in [-0.2, 0) is 17.8 Å². The number of nitro groups is 1. The zero-order valence-corrected chi connectivity index (χ0v) is 14.2. The van der Waals surface area contributed by atoms with Crippen molar-refractivity contribution >= 4 is 28.9 Å². The standard InChI is InChI=1S/C18H18N4O4/c1-11(23)20-15-4-2-3-13-10-21(8-7-14(13)15)16-6-5-12(18(19)24)9-17(16)22(25)26/h2-6,9H,7-8,10H2,1H3,(H2,19,24)(H,20,23). The van der Waals surface area contributed by atoms with Crippen LogP contribution in [0.5, 0.6) is 0 Å². The highest BCUT2D eigenvalue weighted by Crippen LogP contribution is 2.34. The number of fused-ring (bicyclic) bond motifs is 1. The summed E-state index contributed by atoms with van der Waals surface area (Å²) in [5, 5.41) is 14.3. The summed E-state index contributed by atoms with van der Waals surface area (Å²) in [4.78, 5) is 35.5. The van der Waals surface area contributed by atoms with E-state index in [1.807, 2.05) is 23.1 Å². The van der Waals surface area contributed by atoms with E-state index >= 15 is 0 Å². The number of anilines is 2. The lowest BCUT2D eigenvalue weighted by molar-refractivity contribution is -0.384. The first-order chi connectivity index (χ1) is 12.4. The zero-order valence-electron chi connectivity index (χ0n) is 14.2. The highest BCUT2D eigenvalue weighted by Gasteiger charge is 2.25. The highest BCUT2D eigenvalue weighted by atomic mass is 16.6. The van der Waals surface area contributed by atoms with Gasteiger partial charge < -0.3 is 16.0 Å². The van der Waals surface area contributed by atoms with Crippen molar-refractivity contribution < 1.29 is 14.5 Å². The van der Waals surface area contributed by atoms with Gasteiger partial charge in [0.15, 0.2) is 0 Å². The Balaban J connectivity index is 1.95. The number of nitrogens with one attached hydrogen (secondary N) is 1. The van der Waals surface area contributed by atoms with E-state index in [9.17, 15) is 19.7 Å². The van der Waals surface area contributed by atoms with Gasteiger partial charge in [0.25, 0.3) is 5.69 Å². The number of nitrogens with zero attached hydrogens (tertiary/aromatic N) is 2. The van der Waals surface area contributed by atoms with Crippen LogP contribution in [0.25, 0.3) is 0 Å².